The minimum atomic E-state index is -0.998. The van der Waals surface area contributed by atoms with E-state index in [0.29, 0.717) is 19.3 Å². The smallest absolute Gasteiger partial charge is 0.310 e. The topological polar surface area (TPSA) is 89.9 Å². The van der Waals surface area contributed by atoms with Crippen LogP contribution in [0.1, 0.15) is 40.0 Å². The highest BCUT2D eigenvalue weighted by Crippen LogP contribution is 2.27. The van der Waals surface area contributed by atoms with Crippen LogP contribution in [0.4, 0.5) is 0 Å². The summed E-state index contributed by atoms with van der Waals surface area (Å²) in [6.45, 7) is 5.26. The van der Waals surface area contributed by atoms with Crippen molar-refractivity contribution in [1.29, 1.82) is 0 Å². The summed E-state index contributed by atoms with van der Waals surface area (Å²) in [6.07, 6.45) is 4.32. The summed E-state index contributed by atoms with van der Waals surface area (Å²) in [4.78, 5) is 34.8. The number of carbonyl (C=O) groups is 3. The van der Waals surface area contributed by atoms with Crippen molar-refractivity contribution in [3.05, 3.63) is 12.2 Å². The Morgan fingerprint density at radius 2 is 1.77 bits per heavy atom. The number of hydrogen-bond acceptors (Lipinski definition) is 5. The first-order chi connectivity index (χ1) is 10.4. The molecule has 0 spiro atoms. The molecular weight excluding hydrogens is 288 g/mol. The highest BCUT2D eigenvalue weighted by atomic mass is 16.6. The molecule has 1 aliphatic rings. The van der Waals surface area contributed by atoms with E-state index < -0.39 is 29.9 Å². The Balaban J connectivity index is 2.48. The summed E-state index contributed by atoms with van der Waals surface area (Å²) >= 11 is 0. The third-order valence-corrected chi connectivity index (χ3v) is 3.84. The molecule has 0 saturated heterocycles. The first kappa shape index (κ1) is 18.2. The molecule has 0 heterocycles. The van der Waals surface area contributed by atoms with Crippen molar-refractivity contribution < 1.29 is 29.0 Å². The van der Waals surface area contributed by atoms with Crippen molar-refractivity contribution in [3.8, 4) is 0 Å². The fourth-order valence-electron chi connectivity index (χ4n) is 2.18. The second kappa shape index (κ2) is 8.56. The molecule has 0 bridgehead atoms. The molecule has 1 rings (SSSR count). The zero-order valence-corrected chi connectivity index (χ0v) is 13.3. The van der Waals surface area contributed by atoms with Crippen molar-refractivity contribution >= 4 is 17.9 Å². The lowest BCUT2D eigenvalue weighted by Gasteiger charge is -2.25. The van der Waals surface area contributed by atoms with E-state index in [1.807, 2.05) is 6.92 Å². The van der Waals surface area contributed by atoms with Gasteiger partial charge in [0.15, 0.2) is 0 Å². The number of carboxylic acids is 1. The van der Waals surface area contributed by atoms with Crippen LogP contribution in [0, 0.1) is 17.8 Å². The van der Waals surface area contributed by atoms with Crippen molar-refractivity contribution in [2.24, 2.45) is 17.8 Å². The van der Waals surface area contributed by atoms with Crippen LogP contribution in [0.25, 0.3) is 0 Å². The van der Waals surface area contributed by atoms with Gasteiger partial charge in [0.2, 0.25) is 0 Å². The third kappa shape index (κ3) is 5.16. The molecule has 0 aromatic carbocycles. The van der Waals surface area contributed by atoms with Gasteiger partial charge in [0.1, 0.15) is 12.7 Å². The standard InChI is InChI=1S/C16H24O6/c1-4-10(2)15(19)21-9-11(3)22-16(20)13-8-6-5-7-12(13)14(17)18/h5-6,10-13H,4,7-9H2,1-3H3,(H,17,18). The van der Waals surface area contributed by atoms with E-state index in [4.69, 9.17) is 14.6 Å². The summed E-state index contributed by atoms with van der Waals surface area (Å²) in [5, 5.41) is 9.15. The van der Waals surface area contributed by atoms with Gasteiger partial charge >= 0.3 is 17.9 Å². The molecule has 6 nitrogen and oxygen atoms in total. The quantitative estimate of drug-likeness (QED) is 0.572. The highest BCUT2D eigenvalue weighted by molar-refractivity contribution is 5.82. The minimum absolute atomic E-state index is 0.0186. The number of carboxylic acid groups (broad SMARTS) is 1. The average Bonchev–Trinajstić information content (AvgIpc) is 2.51. The number of esters is 2. The zero-order valence-electron chi connectivity index (χ0n) is 13.3. The van der Waals surface area contributed by atoms with E-state index in [9.17, 15) is 14.4 Å². The molecule has 0 fully saturated rings. The fraction of sp³-hybridized carbons (Fsp3) is 0.688. The monoisotopic (exact) mass is 312 g/mol. The molecule has 1 N–H and O–H groups in total. The molecule has 6 heteroatoms. The first-order valence-electron chi connectivity index (χ1n) is 7.61. The lowest BCUT2D eigenvalue weighted by molar-refractivity contribution is -0.167. The normalized spacial score (nSPS) is 23.4. The maximum Gasteiger partial charge on any atom is 0.310 e. The van der Waals surface area contributed by atoms with Crippen molar-refractivity contribution in [2.75, 3.05) is 6.61 Å². The predicted octanol–water partition coefficient (Wildman–Crippen LogP) is 2.17. The number of hydrogen-bond donors (Lipinski definition) is 1. The Bertz CT molecular complexity index is 442. The van der Waals surface area contributed by atoms with E-state index in [2.05, 4.69) is 0 Å². The number of ether oxygens (including phenoxy) is 2. The molecule has 0 amide bonds. The van der Waals surface area contributed by atoms with Gasteiger partial charge in [0, 0.05) is 0 Å². The SMILES string of the molecule is CCC(C)C(=O)OCC(C)OC(=O)C1CC=CCC1C(=O)O. The fourth-order valence-corrected chi connectivity index (χ4v) is 2.18. The maximum absolute atomic E-state index is 12.1. The maximum atomic E-state index is 12.1. The van der Waals surface area contributed by atoms with Crippen molar-refractivity contribution in [2.45, 2.75) is 46.1 Å². The molecule has 4 unspecified atom stereocenters. The van der Waals surface area contributed by atoms with Crippen LogP contribution in [0.5, 0.6) is 0 Å². The summed E-state index contributed by atoms with van der Waals surface area (Å²) in [5.41, 5.74) is 0. The van der Waals surface area contributed by atoms with Crippen LogP contribution in [-0.2, 0) is 23.9 Å². The lowest BCUT2D eigenvalue weighted by atomic mass is 9.83. The number of rotatable bonds is 7. The zero-order chi connectivity index (χ0) is 16.7. The van der Waals surface area contributed by atoms with E-state index in [1.54, 1.807) is 26.0 Å². The Hall–Kier alpha value is -1.85. The van der Waals surface area contributed by atoms with Crippen LogP contribution >= 0.6 is 0 Å². The highest BCUT2D eigenvalue weighted by Gasteiger charge is 2.35. The van der Waals surface area contributed by atoms with Gasteiger partial charge in [-0.25, -0.2) is 0 Å². The molecule has 4 atom stereocenters. The molecule has 0 saturated carbocycles. The summed E-state index contributed by atoms with van der Waals surface area (Å²) in [7, 11) is 0. The van der Waals surface area contributed by atoms with Gasteiger partial charge in [-0.3, -0.25) is 14.4 Å². The largest absolute Gasteiger partial charge is 0.481 e. The number of carbonyl (C=O) groups excluding carboxylic acids is 2. The Kier molecular flexibility index (Phi) is 7.08. The third-order valence-electron chi connectivity index (χ3n) is 3.84. The molecular formula is C16H24O6. The van der Waals surface area contributed by atoms with Gasteiger partial charge in [-0.2, -0.15) is 0 Å². The van der Waals surface area contributed by atoms with Crippen molar-refractivity contribution in [3.63, 3.8) is 0 Å². The molecule has 1 aliphatic carbocycles. The van der Waals surface area contributed by atoms with Gasteiger partial charge in [-0.15, -0.1) is 0 Å². The van der Waals surface area contributed by atoms with Gasteiger partial charge < -0.3 is 14.6 Å². The molecule has 22 heavy (non-hydrogen) atoms. The van der Waals surface area contributed by atoms with E-state index >= 15 is 0 Å². The van der Waals surface area contributed by atoms with Crippen molar-refractivity contribution in [1.82, 2.24) is 0 Å². The van der Waals surface area contributed by atoms with Gasteiger partial charge in [0.25, 0.3) is 0 Å². The second-order valence-electron chi connectivity index (χ2n) is 5.68. The van der Waals surface area contributed by atoms with Gasteiger partial charge in [-0.05, 0) is 26.2 Å². The van der Waals surface area contributed by atoms with Crippen LogP contribution in [0.15, 0.2) is 12.2 Å². The molecule has 0 radical (unpaired) electrons. The Morgan fingerprint density at radius 3 is 2.32 bits per heavy atom. The molecule has 124 valence electrons. The van der Waals surface area contributed by atoms with Gasteiger partial charge in [0.05, 0.1) is 17.8 Å². The van der Waals surface area contributed by atoms with E-state index in [-0.39, 0.29) is 18.5 Å². The van der Waals surface area contributed by atoms with Gasteiger partial charge in [-0.1, -0.05) is 26.0 Å². The first-order valence-corrected chi connectivity index (χ1v) is 7.61. The minimum Gasteiger partial charge on any atom is -0.481 e. The lowest BCUT2D eigenvalue weighted by Crippen LogP contribution is -2.35. The Labute approximate surface area is 130 Å². The van der Waals surface area contributed by atoms with Crippen LogP contribution in [-0.4, -0.2) is 35.7 Å². The van der Waals surface area contributed by atoms with E-state index in [0.717, 1.165) is 0 Å². The molecule has 0 aromatic heterocycles. The van der Waals surface area contributed by atoms with E-state index in [1.165, 1.54) is 0 Å². The van der Waals surface area contributed by atoms with Crippen LogP contribution in [0.3, 0.4) is 0 Å². The molecule has 0 aromatic rings. The number of aliphatic carboxylic acids is 1. The Morgan fingerprint density at radius 1 is 1.18 bits per heavy atom. The van der Waals surface area contributed by atoms with Crippen LogP contribution < -0.4 is 0 Å². The average molecular weight is 312 g/mol. The predicted molar refractivity (Wildman–Crippen MR) is 79.0 cm³/mol. The summed E-state index contributed by atoms with van der Waals surface area (Å²) in [5.74, 6) is -3.51. The summed E-state index contributed by atoms with van der Waals surface area (Å²) < 4.78 is 10.3. The van der Waals surface area contributed by atoms with Crippen LogP contribution in [0.2, 0.25) is 0 Å². The summed E-state index contributed by atoms with van der Waals surface area (Å²) in [6, 6.07) is 0. The number of allylic oxidation sites excluding steroid dienone is 2. The molecule has 0 aliphatic heterocycles. The second-order valence-corrected chi connectivity index (χ2v) is 5.68.